The maximum Gasteiger partial charge on any atom is 0.226 e. The van der Waals surface area contributed by atoms with Crippen LogP contribution in [0, 0.1) is 6.92 Å². The monoisotopic (exact) mass is 400 g/mol. The molecule has 0 unspecified atom stereocenters. The largest absolute Gasteiger partial charge is 0.444 e. The van der Waals surface area contributed by atoms with Crippen LogP contribution < -0.4 is 10.6 Å². The predicted molar refractivity (Wildman–Crippen MR) is 117 cm³/mol. The SMILES string of the molecule is CN=C(NCc1coc(-c2ccc(C)cc2)n1)NCc1ccccc1-n1ccnc1. The minimum Gasteiger partial charge on any atom is -0.444 e. The number of nitrogens with one attached hydrogen (secondary N) is 2. The van der Waals surface area contributed by atoms with Crippen LogP contribution in [-0.2, 0) is 13.1 Å². The Bertz CT molecular complexity index is 1110. The summed E-state index contributed by atoms with van der Waals surface area (Å²) >= 11 is 0. The van der Waals surface area contributed by atoms with Crippen LogP contribution >= 0.6 is 0 Å². The zero-order chi connectivity index (χ0) is 20.8. The van der Waals surface area contributed by atoms with Crippen molar-refractivity contribution >= 4 is 5.96 Å². The fourth-order valence-electron chi connectivity index (χ4n) is 3.10. The Morgan fingerprint density at radius 3 is 2.63 bits per heavy atom. The van der Waals surface area contributed by atoms with Crippen molar-refractivity contribution in [1.82, 2.24) is 25.2 Å². The van der Waals surface area contributed by atoms with E-state index in [2.05, 4.69) is 44.7 Å². The third kappa shape index (κ3) is 4.57. The van der Waals surface area contributed by atoms with Gasteiger partial charge in [0.05, 0.1) is 24.3 Å². The highest BCUT2D eigenvalue weighted by atomic mass is 16.3. The summed E-state index contributed by atoms with van der Waals surface area (Å²) in [6.07, 6.45) is 7.17. The second kappa shape index (κ2) is 9.09. The molecule has 2 aromatic carbocycles. The Kier molecular flexibility index (Phi) is 5.89. The van der Waals surface area contributed by atoms with Gasteiger partial charge in [-0.25, -0.2) is 9.97 Å². The van der Waals surface area contributed by atoms with Gasteiger partial charge in [-0.05, 0) is 30.7 Å². The number of aromatic nitrogens is 3. The summed E-state index contributed by atoms with van der Waals surface area (Å²) in [4.78, 5) is 13.0. The Morgan fingerprint density at radius 1 is 1.07 bits per heavy atom. The summed E-state index contributed by atoms with van der Waals surface area (Å²) in [6, 6.07) is 16.3. The molecule has 0 aliphatic carbocycles. The molecule has 0 spiro atoms. The van der Waals surface area contributed by atoms with Crippen molar-refractivity contribution in [3.63, 3.8) is 0 Å². The van der Waals surface area contributed by atoms with Crippen molar-refractivity contribution in [2.45, 2.75) is 20.0 Å². The van der Waals surface area contributed by atoms with Gasteiger partial charge < -0.3 is 19.6 Å². The molecule has 0 aliphatic heterocycles. The molecule has 0 amide bonds. The number of oxazole rings is 1. The molecule has 2 N–H and O–H groups in total. The fourth-order valence-corrected chi connectivity index (χ4v) is 3.10. The second-order valence-electron chi connectivity index (χ2n) is 6.89. The predicted octanol–water partition coefficient (Wildman–Crippen LogP) is 3.70. The molecule has 0 atom stereocenters. The highest BCUT2D eigenvalue weighted by Crippen LogP contribution is 2.19. The summed E-state index contributed by atoms with van der Waals surface area (Å²) in [5.74, 6) is 1.30. The minimum absolute atomic E-state index is 0.512. The van der Waals surface area contributed by atoms with Gasteiger partial charge in [0, 0.05) is 31.5 Å². The molecule has 7 heteroatoms. The van der Waals surface area contributed by atoms with E-state index in [1.807, 2.05) is 47.2 Å². The van der Waals surface area contributed by atoms with Crippen LogP contribution in [0.25, 0.3) is 17.1 Å². The van der Waals surface area contributed by atoms with Gasteiger partial charge in [0.25, 0.3) is 0 Å². The van der Waals surface area contributed by atoms with E-state index >= 15 is 0 Å². The van der Waals surface area contributed by atoms with Gasteiger partial charge in [-0.3, -0.25) is 4.99 Å². The van der Waals surface area contributed by atoms with E-state index in [1.165, 1.54) is 5.56 Å². The van der Waals surface area contributed by atoms with Crippen molar-refractivity contribution < 1.29 is 4.42 Å². The van der Waals surface area contributed by atoms with Crippen LogP contribution in [0.4, 0.5) is 0 Å². The van der Waals surface area contributed by atoms with Gasteiger partial charge in [0.1, 0.15) is 6.26 Å². The van der Waals surface area contributed by atoms with Gasteiger partial charge in [-0.15, -0.1) is 0 Å². The first-order chi connectivity index (χ1) is 14.7. The third-order valence-corrected chi connectivity index (χ3v) is 4.73. The standard InChI is InChI=1S/C23H24N6O/c1-17-7-9-18(10-8-17)22-28-20(15-30-22)14-27-23(24-2)26-13-19-5-3-4-6-21(19)29-12-11-25-16-29/h3-12,15-16H,13-14H2,1-2H3,(H2,24,26,27). The topological polar surface area (TPSA) is 80.3 Å². The molecule has 2 heterocycles. The number of aliphatic imine (C=N–C) groups is 1. The molecule has 0 radical (unpaired) electrons. The molecule has 152 valence electrons. The van der Waals surface area contributed by atoms with Crippen LogP contribution in [0.1, 0.15) is 16.8 Å². The quantitative estimate of drug-likeness (QED) is 0.381. The van der Waals surface area contributed by atoms with Crippen LogP contribution in [-0.4, -0.2) is 27.5 Å². The number of guanidine groups is 1. The average molecular weight is 400 g/mol. The van der Waals surface area contributed by atoms with Gasteiger partial charge in [-0.2, -0.15) is 0 Å². The minimum atomic E-state index is 0.512. The van der Waals surface area contributed by atoms with Gasteiger partial charge >= 0.3 is 0 Å². The second-order valence-corrected chi connectivity index (χ2v) is 6.89. The number of aryl methyl sites for hydroxylation is 1. The zero-order valence-corrected chi connectivity index (χ0v) is 17.0. The lowest BCUT2D eigenvalue weighted by Crippen LogP contribution is -2.36. The molecule has 0 saturated carbocycles. The molecule has 7 nitrogen and oxygen atoms in total. The lowest BCUT2D eigenvalue weighted by Gasteiger charge is -2.14. The normalized spacial score (nSPS) is 11.5. The molecule has 0 aliphatic rings. The van der Waals surface area contributed by atoms with Crippen molar-refractivity contribution in [2.75, 3.05) is 7.05 Å². The third-order valence-electron chi connectivity index (χ3n) is 4.73. The Hall–Kier alpha value is -3.87. The first-order valence-electron chi connectivity index (χ1n) is 9.75. The maximum absolute atomic E-state index is 5.62. The van der Waals surface area contributed by atoms with Crippen LogP contribution in [0.3, 0.4) is 0 Å². The van der Waals surface area contributed by atoms with Crippen molar-refractivity contribution in [1.29, 1.82) is 0 Å². The van der Waals surface area contributed by atoms with E-state index in [-0.39, 0.29) is 0 Å². The highest BCUT2D eigenvalue weighted by molar-refractivity contribution is 5.79. The lowest BCUT2D eigenvalue weighted by atomic mass is 10.1. The molecule has 0 fully saturated rings. The molecule has 2 aromatic heterocycles. The molecule has 0 saturated heterocycles. The van der Waals surface area contributed by atoms with E-state index in [4.69, 9.17) is 4.42 Å². The zero-order valence-electron chi connectivity index (χ0n) is 17.0. The van der Waals surface area contributed by atoms with Gasteiger partial charge in [0.2, 0.25) is 5.89 Å². The lowest BCUT2D eigenvalue weighted by molar-refractivity contribution is 0.572. The van der Waals surface area contributed by atoms with E-state index in [9.17, 15) is 0 Å². The van der Waals surface area contributed by atoms with E-state index in [0.29, 0.717) is 24.9 Å². The Balaban J connectivity index is 1.36. The van der Waals surface area contributed by atoms with E-state index < -0.39 is 0 Å². The highest BCUT2D eigenvalue weighted by Gasteiger charge is 2.08. The van der Waals surface area contributed by atoms with Gasteiger partial charge in [-0.1, -0.05) is 35.9 Å². The number of para-hydroxylation sites is 1. The summed E-state index contributed by atoms with van der Waals surface area (Å²) in [7, 11) is 1.75. The van der Waals surface area contributed by atoms with Crippen molar-refractivity contribution in [3.8, 4) is 17.1 Å². The fraction of sp³-hybridized carbons (Fsp3) is 0.174. The smallest absolute Gasteiger partial charge is 0.226 e. The number of hydrogen-bond acceptors (Lipinski definition) is 4. The summed E-state index contributed by atoms with van der Waals surface area (Å²) in [6.45, 7) is 3.20. The Labute approximate surface area is 175 Å². The summed E-state index contributed by atoms with van der Waals surface area (Å²) < 4.78 is 7.62. The molecule has 4 rings (SSSR count). The molecule has 4 aromatic rings. The Morgan fingerprint density at radius 2 is 1.87 bits per heavy atom. The van der Waals surface area contributed by atoms with Crippen molar-refractivity contribution in [2.24, 2.45) is 4.99 Å². The van der Waals surface area contributed by atoms with Crippen LogP contribution in [0.5, 0.6) is 0 Å². The van der Waals surface area contributed by atoms with Gasteiger partial charge in [0.15, 0.2) is 5.96 Å². The van der Waals surface area contributed by atoms with Crippen LogP contribution in [0.2, 0.25) is 0 Å². The molecular formula is C23H24N6O. The van der Waals surface area contributed by atoms with Crippen LogP contribution in [0.15, 0.2) is 82.9 Å². The number of hydrogen-bond donors (Lipinski definition) is 2. The molecular weight excluding hydrogens is 376 g/mol. The number of rotatable bonds is 6. The maximum atomic E-state index is 5.62. The number of benzene rings is 2. The summed E-state index contributed by atoms with van der Waals surface area (Å²) in [5.41, 5.74) is 5.20. The number of imidazole rings is 1. The summed E-state index contributed by atoms with van der Waals surface area (Å²) in [5, 5.41) is 6.63. The molecule has 0 bridgehead atoms. The first kappa shape index (κ1) is 19.4. The molecule has 30 heavy (non-hydrogen) atoms. The first-order valence-corrected chi connectivity index (χ1v) is 9.75. The number of nitrogens with zero attached hydrogens (tertiary/aromatic N) is 4. The van der Waals surface area contributed by atoms with E-state index in [0.717, 1.165) is 22.5 Å². The average Bonchev–Trinajstić information content (AvgIpc) is 3.47. The van der Waals surface area contributed by atoms with E-state index in [1.54, 1.807) is 25.8 Å². The van der Waals surface area contributed by atoms with Crippen molar-refractivity contribution in [3.05, 3.63) is 90.3 Å².